The van der Waals surface area contributed by atoms with Crippen molar-refractivity contribution < 1.29 is 35.6 Å². The molecule has 0 saturated carbocycles. The third kappa shape index (κ3) is 9.11. The van der Waals surface area contributed by atoms with E-state index in [1.807, 2.05) is 12.1 Å². The molecule has 0 aliphatic heterocycles. The summed E-state index contributed by atoms with van der Waals surface area (Å²) < 4.78 is 0. The minimum absolute atomic E-state index is 0. The van der Waals surface area contributed by atoms with Crippen molar-refractivity contribution in [2.45, 2.75) is 25.9 Å². The Morgan fingerprint density at radius 3 is 1.16 bits per heavy atom. The fourth-order valence-electron chi connectivity index (χ4n) is 4.18. The van der Waals surface area contributed by atoms with Crippen molar-refractivity contribution in [3.05, 3.63) is 133 Å². The van der Waals surface area contributed by atoms with E-state index in [4.69, 9.17) is 0 Å². The molecule has 191 valence electrons. The van der Waals surface area contributed by atoms with Gasteiger partial charge in [0.2, 0.25) is 0 Å². The average Bonchev–Trinajstić information content (AvgIpc) is 3.56. The van der Waals surface area contributed by atoms with Crippen LogP contribution in [0.4, 0.5) is 0 Å². The smallest absolute Gasteiger partial charge is 1.00 e. The summed E-state index contributed by atoms with van der Waals surface area (Å²) in [6.07, 6.45) is 0. The zero-order valence-corrected chi connectivity index (χ0v) is 25.6. The van der Waals surface area contributed by atoms with E-state index in [9.17, 15) is 0 Å². The van der Waals surface area contributed by atoms with Gasteiger partial charge in [0.05, 0.1) is 0 Å². The minimum atomic E-state index is 0. The Kier molecular flexibility index (Phi) is 15.3. The summed E-state index contributed by atoms with van der Waals surface area (Å²) in [5.74, 6) is 0. The van der Waals surface area contributed by atoms with Crippen molar-refractivity contribution in [3.8, 4) is 22.3 Å². The Morgan fingerprint density at radius 1 is 0.500 bits per heavy atom. The molecule has 38 heavy (non-hydrogen) atoms. The van der Waals surface area contributed by atoms with Gasteiger partial charge < -0.3 is 9.41 Å². The molecule has 0 aromatic heterocycles. The van der Waals surface area contributed by atoms with Gasteiger partial charge in [0, 0.05) is 9.52 Å². The molecule has 0 heterocycles. The number of benzene rings is 4. The standard InChI is InChI=1S/2C15H11.C4H11Si.2FH.Zr/c2*1-2-6-12(7-3-1)15-10-13-8-4-5-9-14(13)11-15;1-3-5-4-2;;;/h2*1-11H;5H,3-4H2,1-2H3;2*1H;/q2*-1;;;;+4/p-2. The van der Waals surface area contributed by atoms with Crippen LogP contribution in [-0.2, 0) is 26.2 Å². The third-order valence-electron chi connectivity index (χ3n) is 6.03. The van der Waals surface area contributed by atoms with Gasteiger partial charge in [0.25, 0.3) is 0 Å². The van der Waals surface area contributed by atoms with Crippen LogP contribution in [0.5, 0.6) is 0 Å². The van der Waals surface area contributed by atoms with Crippen LogP contribution in [0.2, 0.25) is 12.1 Å². The van der Waals surface area contributed by atoms with Crippen molar-refractivity contribution in [1.82, 2.24) is 0 Å². The number of rotatable bonds is 4. The Hall–Kier alpha value is -2.94. The predicted molar refractivity (Wildman–Crippen MR) is 158 cm³/mol. The average molecular weight is 599 g/mol. The second-order valence-electron chi connectivity index (χ2n) is 8.58. The molecule has 4 heteroatoms. The summed E-state index contributed by atoms with van der Waals surface area (Å²) in [5, 5.41) is 5.26. The van der Waals surface area contributed by atoms with Gasteiger partial charge in [0.1, 0.15) is 0 Å². The van der Waals surface area contributed by atoms with Crippen LogP contribution in [0.15, 0.2) is 133 Å². The Bertz CT molecular complexity index is 1260. The zero-order chi connectivity index (χ0) is 24.3. The van der Waals surface area contributed by atoms with E-state index in [1.54, 1.807) is 0 Å². The van der Waals surface area contributed by atoms with Gasteiger partial charge in [-0.3, -0.25) is 0 Å². The SMILES string of the molecule is CC[SiH]CC.[F-].[F-].[Zr+4].c1ccc(-c2cc3ccccc3[cH-]2)cc1.c1ccc(-c2cc3ccccc3[cH-]2)cc1. The fraction of sp³-hybridized carbons (Fsp3) is 0.118. The van der Waals surface area contributed by atoms with Crippen molar-refractivity contribution in [3.63, 3.8) is 0 Å². The quantitative estimate of drug-likeness (QED) is 0.214. The predicted octanol–water partition coefficient (Wildman–Crippen LogP) is 3.76. The molecule has 0 unspecified atom stereocenters. The maximum atomic E-state index is 2.25. The second-order valence-corrected chi connectivity index (χ2v) is 10.8. The first-order chi connectivity index (χ1) is 17.3. The summed E-state index contributed by atoms with van der Waals surface area (Å²) >= 11 is 0. The van der Waals surface area contributed by atoms with Crippen molar-refractivity contribution in [2.24, 2.45) is 0 Å². The topological polar surface area (TPSA) is 0 Å². The van der Waals surface area contributed by atoms with E-state index in [0.29, 0.717) is 0 Å². The number of fused-ring (bicyclic) bond motifs is 2. The van der Waals surface area contributed by atoms with E-state index in [0.717, 1.165) is 9.52 Å². The molecule has 6 rings (SSSR count). The molecule has 0 spiro atoms. The fourth-order valence-corrected chi connectivity index (χ4v) is 4.76. The molecular weight excluding hydrogens is 566 g/mol. The van der Waals surface area contributed by atoms with Crippen LogP contribution in [0.1, 0.15) is 13.8 Å². The summed E-state index contributed by atoms with van der Waals surface area (Å²) in [4.78, 5) is 0. The van der Waals surface area contributed by atoms with Crippen LogP contribution < -0.4 is 9.41 Å². The molecule has 0 N–H and O–H groups in total. The minimum Gasteiger partial charge on any atom is -1.00 e. The summed E-state index contributed by atoms with van der Waals surface area (Å²) in [5.41, 5.74) is 5.18. The number of hydrogen-bond acceptors (Lipinski definition) is 0. The van der Waals surface area contributed by atoms with Gasteiger partial charge in [-0.15, -0.1) is 69.1 Å². The van der Waals surface area contributed by atoms with Crippen molar-refractivity contribution >= 4 is 31.1 Å². The maximum Gasteiger partial charge on any atom is 4.00 e. The molecule has 0 nitrogen and oxygen atoms in total. The maximum absolute atomic E-state index is 2.25. The summed E-state index contributed by atoms with van der Waals surface area (Å²) in [6.45, 7) is 4.50. The van der Waals surface area contributed by atoms with Crippen LogP contribution in [-0.4, -0.2) is 9.52 Å². The summed E-state index contributed by atoms with van der Waals surface area (Å²) in [7, 11) is 0.815. The van der Waals surface area contributed by atoms with Crippen LogP contribution in [0.25, 0.3) is 43.8 Å². The first-order valence-corrected chi connectivity index (χ1v) is 14.1. The second kappa shape index (κ2) is 17.5. The Balaban J connectivity index is 0.000000304. The zero-order valence-electron chi connectivity index (χ0n) is 21.9. The molecule has 6 aromatic carbocycles. The van der Waals surface area contributed by atoms with Crippen LogP contribution in [0.3, 0.4) is 0 Å². The number of halogens is 2. The Labute approximate surface area is 247 Å². The molecule has 0 aliphatic carbocycles. The molecule has 0 saturated heterocycles. The van der Waals surface area contributed by atoms with Crippen molar-refractivity contribution in [2.75, 3.05) is 0 Å². The van der Waals surface area contributed by atoms with E-state index in [2.05, 4.69) is 135 Å². The molecule has 6 aromatic rings. The number of hydrogen-bond donors (Lipinski definition) is 0. The molecule has 0 aliphatic rings. The van der Waals surface area contributed by atoms with Gasteiger partial charge in [-0.25, -0.2) is 0 Å². The molecular formula is C34H33F2SiZr. The van der Waals surface area contributed by atoms with E-state index in [1.165, 1.54) is 55.9 Å². The molecule has 0 bridgehead atoms. The van der Waals surface area contributed by atoms with Crippen LogP contribution in [0, 0.1) is 0 Å². The first-order valence-electron chi connectivity index (χ1n) is 12.5. The van der Waals surface area contributed by atoms with E-state index >= 15 is 0 Å². The van der Waals surface area contributed by atoms with Gasteiger partial charge in [0.15, 0.2) is 0 Å². The largest absolute Gasteiger partial charge is 4.00 e. The first kappa shape index (κ1) is 33.1. The molecule has 1 radical (unpaired) electrons. The van der Waals surface area contributed by atoms with E-state index < -0.39 is 0 Å². The van der Waals surface area contributed by atoms with Gasteiger partial charge >= 0.3 is 26.2 Å². The molecule has 0 atom stereocenters. The van der Waals surface area contributed by atoms with Gasteiger partial charge in [-0.1, -0.05) is 134 Å². The Morgan fingerprint density at radius 2 is 0.842 bits per heavy atom. The molecule has 0 fully saturated rings. The van der Waals surface area contributed by atoms with Crippen molar-refractivity contribution in [1.29, 1.82) is 0 Å². The molecule has 0 amide bonds. The third-order valence-corrected chi connectivity index (χ3v) is 7.18. The normalized spacial score (nSPS) is 9.53. The summed E-state index contributed by atoms with van der Waals surface area (Å²) in [6, 6.07) is 49.7. The van der Waals surface area contributed by atoms with Gasteiger partial charge in [-0.2, -0.15) is 0 Å². The van der Waals surface area contributed by atoms with Crippen LogP contribution >= 0.6 is 0 Å². The van der Waals surface area contributed by atoms with Gasteiger partial charge in [-0.05, 0) is 0 Å². The monoisotopic (exact) mass is 597 g/mol. The van der Waals surface area contributed by atoms with E-state index in [-0.39, 0.29) is 35.6 Å².